The third-order valence-corrected chi connectivity index (χ3v) is 4.98. The molecule has 0 unspecified atom stereocenters. The number of hydrogen-bond acceptors (Lipinski definition) is 5. The Morgan fingerprint density at radius 1 is 1.31 bits per heavy atom. The number of rotatable bonds is 4. The monoisotopic (exact) mass is 390 g/mol. The number of H-pyrrole nitrogens is 1. The molecule has 0 fully saturated rings. The second kappa shape index (κ2) is 6.33. The summed E-state index contributed by atoms with van der Waals surface area (Å²) in [5.74, 6) is 1.09. The summed E-state index contributed by atoms with van der Waals surface area (Å²) < 4.78 is 8.62. The van der Waals surface area contributed by atoms with Crippen LogP contribution < -0.4 is 10.9 Å². The van der Waals surface area contributed by atoms with E-state index in [-0.39, 0.29) is 24.6 Å². The molecule has 0 aliphatic rings. The minimum Gasteiger partial charge on any atom is -0.459 e. The quantitative estimate of drug-likeness (QED) is 0.487. The van der Waals surface area contributed by atoms with Crippen LogP contribution in [0.3, 0.4) is 0 Å². The van der Waals surface area contributed by atoms with Crippen molar-refractivity contribution in [2.45, 2.75) is 20.0 Å². The van der Waals surface area contributed by atoms with Crippen molar-refractivity contribution in [3.8, 4) is 0 Å². The molecule has 146 valence electrons. The molecule has 0 saturated heterocycles. The number of carbonyl (C=O) groups is 1. The topological polar surface area (TPSA) is 111 Å². The Hall–Kier alpha value is -3.88. The smallest absolute Gasteiger partial charge is 0.291 e. The van der Waals surface area contributed by atoms with Gasteiger partial charge in [-0.3, -0.25) is 9.59 Å². The molecule has 4 heterocycles. The van der Waals surface area contributed by atoms with Crippen LogP contribution >= 0.6 is 0 Å². The van der Waals surface area contributed by atoms with E-state index in [1.807, 2.05) is 37.3 Å². The van der Waals surface area contributed by atoms with E-state index in [0.29, 0.717) is 22.3 Å². The maximum Gasteiger partial charge on any atom is 0.291 e. The number of fused-ring (bicyclic) bond motifs is 4. The zero-order valence-electron chi connectivity index (χ0n) is 15.9. The van der Waals surface area contributed by atoms with E-state index in [1.165, 1.54) is 0 Å². The minimum atomic E-state index is -0.340. The fourth-order valence-electron chi connectivity index (χ4n) is 3.61. The molecule has 2 N–H and O–H groups in total. The maximum absolute atomic E-state index is 12.9. The first-order valence-corrected chi connectivity index (χ1v) is 9.16. The van der Waals surface area contributed by atoms with Gasteiger partial charge < -0.3 is 19.3 Å². The van der Waals surface area contributed by atoms with Crippen LogP contribution in [0.1, 0.15) is 11.6 Å². The zero-order chi connectivity index (χ0) is 20.1. The van der Waals surface area contributed by atoms with Gasteiger partial charge in [0.25, 0.3) is 5.56 Å². The van der Waals surface area contributed by atoms with E-state index >= 15 is 0 Å². The van der Waals surface area contributed by atoms with Gasteiger partial charge in [0, 0.05) is 13.1 Å². The fourth-order valence-corrected chi connectivity index (χ4v) is 3.61. The largest absolute Gasteiger partial charge is 0.459 e. The number of para-hydroxylation sites is 2. The molecule has 5 rings (SSSR count). The Morgan fingerprint density at radius 2 is 2.14 bits per heavy atom. The molecule has 0 aliphatic carbocycles. The highest BCUT2D eigenvalue weighted by Gasteiger charge is 2.18. The first-order chi connectivity index (χ1) is 14.0. The lowest BCUT2D eigenvalue weighted by Crippen LogP contribution is -2.33. The van der Waals surface area contributed by atoms with Gasteiger partial charge in [-0.2, -0.15) is 5.10 Å². The molecule has 0 spiro atoms. The van der Waals surface area contributed by atoms with Crippen molar-refractivity contribution in [3.63, 3.8) is 0 Å². The van der Waals surface area contributed by atoms with Crippen LogP contribution in [0.15, 0.2) is 45.7 Å². The molecular formula is C20H18N6O3. The van der Waals surface area contributed by atoms with E-state index in [1.54, 1.807) is 17.8 Å². The van der Waals surface area contributed by atoms with Crippen molar-refractivity contribution < 1.29 is 9.21 Å². The standard InChI is InChI=1S/C20H18N6O3/c1-11-7-15-19(29-11)12-8-22-26(20(28)18(12)25(15)2)10-17(27)21-9-16-23-13-5-3-4-6-14(13)24-16/h3-8H,9-10H2,1-2H3,(H,21,27)(H,23,24). The molecule has 29 heavy (non-hydrogen) atoms. The lowest BCUT2D eigenvalue weighted by molar-refractivity contribution is -0.122. The lowest BCUT2D eigenvalue weighted by Gasteiger charge is -2.06. The molecule has 0 radical (unpaired) electrons. The maximum atomic E-state index is 12.9. The van der Waals surface area contributed by atoms with Gasteiger partial charge >= 0.3 is 0 Å². The number of furan rings is 1. The number of aromatic nitrogens is 5. The Balaban J connectivity index is 1.38. The highest BCUT2D eigenvalue weighted by molar-refractivity contribution is 6.04. The van der Waals surface area contributed by atoms with Gasteiger partial charge in [-0.25, -0.2) is 9.67 Å². The van der Waals surface area contributed by atoms with Gasteiger partial charge in [-0.15, -0.1) is 0 Å². The molecule has 0 bridgehead atoms. The molecule has 0 atom stereocenters. The normalized spacial score (nSPS) is 11.7. The minimum absolute atomic E-state index is 0.180. The number of hydrogen-bond donors (Lipinski definition) is 2. The summed E-state index contributed by atoms with van der Waals surface area (Å²) in [7, 11) is 1.80. The van der Waals surface area contributed by atoms with Gasteiger partial charge in [-0.1, -0.05) is 12.1 Å². The van der Waals surface area contributed by atoms with Crippen LogP contribution in [0.4, 0.5) is 0 Å². The summed E-state index contributed by atoms with van der Waals surface area (Å²) in [4.78, 5) is 32.8. The van der Waals surface area contributed by atoms with E-state index in [9.17, 15) is 9.59 Å². The second-order valence-electron chi connectivity index (χ2n) is 6.98. The predicted molar refractivity (Wildman–Crippen MR) is 107 cm³/mol. The Labute approximate surface area is 163 Å². The van der Waals surface area contributed by atoms with Crippen LogP contribution in [-0.4, -0.2) is 30.2 Å². The van der Waals surface area contributed by atoms with Crippen LogP contribution in [-0.2, 0) is 24.9 Å². The number of carbonyl (C=O) groups excluding carboxylic acids is 1. The number of nitrogens with one attached hydrogen (secondary N) is 2. The van der Waals surface area contributed by atoms with E-state index in [0.717, 1.165) is 27.0 Å². The van der Waals surface area contributed by atoms with Crippen molar-refractivity contribution in [2.24, 2.45) is 7.05 Å². The van der Waals surface area contributed by atoms with E-state index in [4.69, 9.17) is 4.42 Å². The molecule has 4 aromatic heterocycles. The second-order valence-corrected chi connectivity index (χ2v) is 6.98. The molecule has 1 amide bonds. The summed E-state index contributed by atoms with van der Waals surface area (Å²) in [6, 6.07) is 9.51. The van der Waals surface area contributed by atoms with Crippen molar-refractivity contribution in [1.82, 2.24) is 29.6 Å². The lowest BCUT2D eigenvalue weighted by atomic mass is 10.3. The van der Waals surface area contributed by atoms with Crippen molar-refractivity contribution in [2.75, 3.05) is 0 Å². The number of aryl methyl sites for hydroxylation is 2. The number of benzene rings is 1. The van der Waals surface area contributed by atoms with Crippen molar-refractivity contribution in [1.29, 1.82) is 0 Å². The Kier molecular flexibility index (Phi) is 3.76. The summed E-state index contributed by atoms with van der Waals surface area (Å²) in [6.07, 6.45) is 1.56. The highest BCUT2D eigenvalue weighted by atomic mass is 16.3. The van der Waals surface area contributed by atoms with Gasteiger partial charge in [0.1, 0.15) is 23.6 Å². The van der Waals surface area contributed by atoms with Crippen molar-refractivity contribution in [3.05, 3.63) is 58.5 Å². The Morgan fingerprint density at radius 3 is 2.97 bits per heavy atom. The average molecular weight is 390 g/mol. The van der Waals surface area contributed by atoms with Crippen LogP contribution in [0.5, 0.6) is 0 Å². The van der Waals surface area contributed by atoms with E-state index < -0.39 is 0 Å². The molecule has 5 aromatic rings. The zero-order valence-corrected chi connectivity index (χ0v) is 15.9. The third-order valence-electron chi connectivity index (χ3n) is 4.98. The number of amides is 1. The van der Waals surface area contributed by atoms with Crippen LogP contribution in [0.25, 0.3) is 33.0 Å². The van der Waals surface area contributed by atoms with Crippen molar-refractivity contribution >= 4 is 38.9 Å². The van der Waals surface area contributed by atoms with Crippen LogP contribution in [0, 0.1) is 6.92 Å². The van der Waals surface area contributed by atoms with Gasteiger partial charge in [0.15, 0.2) is 5.58 Å². The number of nitrogens with zero attached hydrogens (tertiary/aromatic N) is 4. The highest BCUT2D eigenvalue weighted by Crippen LogP contribution is 2.28. The molecule has 0 saturated carbocycles. The average Bonchev–Trinajstić information content (AvgIpc) is 3.36. The summed E-state index contributed by atoms with van der Waals surface area (Å²) in [6.45, 7) is 1.91. The predicted octanol–water partition coefficient (Wildman–Crippen LogP) is 1.98. The molecule has 0 aliphatic heterocycles. The summed E-state index contributed by atoms with van der Waals surface area (Å²) in [5, 5.41) is 7.56. The van der Waals surface area contributed by atoms with E-state index in [2.05, 4.69) is 20.4 Å². The van der Waals surface area contributed by atoms with Crippen LogP contribution in [0.2, 0.25) is 0 Å². The van der Waals surface area contributed by atoms with Gasteiger partial charge in [-0.05, 0) is 19.1 Å². The Bertz CT molecular complexity index is 1420. The molecule has 9 heteroatoms. The number of aromatic amines is 1. The summed E-state index contributed by atoms with van der Waals surface area (Å²) >= 11 is 0. The molecule has 9 nitrogen and oxygen atoms in total. The first kappa shape index (κ1) is 17.2. The third kappa shape index (κ3) is 2.78. The van der Waals surface area contributed by atoms with Gasteiger partial charge in [0.05, 0.1) is 34.7 Å². The number of imidazole rings is 1. The van der Waals surface area contributed by atoms with Gasteiger partial charge in [0.2, 0.25) is 5.91 Å². The molecule has 1 aromatic carbocycles. The SMILES string of the molecule is Cc1cc2c(o1)c1cnn(CC(=O)NCc3nc4ccccc4[nH]3)c(=O)c1n2C. The first-order valence-electron chi connectivity index (χ1n) is 9.16. The molecular weight excluding hydrogens is 372 g/mol. The summed E-state index contributed by atoms with van der Waals surface area (Å²) in [5.41, 5.74) is 3.31. The fraction of sp³-hybridized carbons (Fsp3) is 0.200.